The molecule has 0 saturated heterocycles. The number of carbonyl (C=O) groups excluding carboxylic acids is 4. The Labute approximate surface area is 244 Å². The molecular weight excluding hydrogens is 514 g/mol. The summed E-state index contributed by atoms with van der Waals surface area (Å²) in [6.07, 6.45) is 9.43. The first-order valence-electron chi connectivity index (χ1n) is 15.5. The maximum atomic E-state index is 14.5. The zero-order valence-electron chi connectivity index (χ0n) is 26.1. The standard InChI is InChI=1S/C34H47N3O4/c1-9-25(39)36-37-28(41)34-14-12-29(2,3)18-21(34)26-22(38)16-24-31(6)17-20(19-35)27(40)30(4,5)23(31)10-11-32(24,7)33(26,8)13-15-34/h16-17,21,23,26H,9-15,18H2,1-8H3,(H,36,39)(H,37,41)/t21-,23-,26-,31-,32+,33+,34-/m0/s1. The van der Waals surface area contributed by atoms with E-state index in [4.69, 9.17) is 0 Å². The normalized spacial score (nSPS) is 42.2. The molecule has 5 aliphatic carbocycles. The van der Waals surface area contributed by atoms with Gasteiger partial charge in [0.15, 0.2) is 11.6 Å². The monoisotopic (exact) mass is 561 g/mol. The number of nitrogens with zero attached hydrogens (tertiary/aromatic N) is 1. The van der Waals surface area contributed by atoms with Gasteiger partial charge in [0.05, 0.1) is 11.0 Å². The van der Waals surface area contributed by atoms with Crippen LogP contribution in [-0.2, 0) is 19.2 Å². The van der Waals surface area contributed by atoms with Gasteiger partial charge in [-0.3, -0.25) is 30.0 Å². The number of hydrazine groups is 1. The zero-order chi connectivity index (χ0) is 30.4. The van der Waals surface area contributed by atoms with Crippen molar-refractivity contribution in [3.8, 4) is 6.07 Å². The van der Waals surface area contributed by atoms with E-state index in [1.807, 2.05) is 26.0 Å². The van der Waals surface area contributed by atoms with Crippen LogP contribution in [0.15, 0.2) is 23.3 Å². The molecule has 0 heterocycles. The average molecular weight is 562 g/mol. The largest absolute Gasteiger partial charge is 0.295 e. The molecule has 0 aromatic rings. The molecule has 0 spiro atoms. The zero-order valence-corrected chi connectivity index (χ0v) is 26.1. The number of nitrogens with one attached hydrogen (secondary N) is 2. The quantitative estimate of drug-likeness (QED) is 0.416. The lowest BCUT2D eigenvalue weighted by atomic mass is 9.34. The van der Waals surface area contributed by atoms with Crippen molar-refractivity contribution in [2.24, 2.45) is 50.2 Å². The molecule has 222 valence electrons. The fraction of sp³-hybridized carbons (Fsp3) is 0.735. The lowest BCUT2D eigenvalue weighted by Crippen LogP contribution is -2.67. The number of Topliss-reactive ketones (excluding diaryl/α,β-unsaturated/α-hetero) is 1. The molecule has 0 aromatic heterocycles. The van der Waals surface area contributed by atoms with E-state index in [0.717, 1.165) is 37.7 Å². The smallest absolute Gasteiger partial charge is 0.244 e. The lowest BCUT2D eigenvalue weighted by molar-refractivity contribution is -0.179. The van der Waals surface area contributed by atoms with Crippen molar-refractivity contribution >= 4 is 23.4 Å². The number of hydrogen-bond donors (Lipinski definition) is 2. The minimum Gasteiger partial charge on any atom is -0.295 e. The molecule has 0 aliphatic heterocycles. The van der Waals surface area contributed by atoms with Crippen molar-refractivity contribution in [3.05, 3.63) is 23.3 Å². The highest BCUT2D eigenvalue weighted by Crippen LogP contribution is 2.74. The number of allylic oxidation sites excluding steroid dienone is 4. The molecule has 41 heavy (non-hydrogen) atoms. The van der Waals surface area contributed by atoms with Crippen LogP contribution in [0.3, 0.4) is 0 Å². The summed E-state index contributed by atoms with van der Waals surface area (Å²) in [5.74, 6) is -0.913. The Morgan fingerprint density at radius 1 is 0.976 bits per heavy atom. The fourth-order valence-electron chi connectivity index (χ4n) is 10.4. The summed E-state index contributed by atoms with van der Waals surface area (Å²) in [6.45, 7) is 16.8. The molecule has 0 radical (unpaired) electrons. The van der Waals surface area contributed by atoms with Gasteiger partial charge in [0.25, 0.3) is 0 Å². The van der Waals surface area contributed by atoms with Crippen molar-refractivity contribution in [1.29, 1.82) is 5.26 Å². The van der Waals surface area contributed by atoms with Gasteiger partial charge in [-0.15, -0.1) is 0 Å². The molecule has 5 aliphatic rings. The van der Waals surface area contributed by atoms with E-state index in [0.29, 0.717) is 12.8 Å². The predicted molar refractivity (Wildman–Crippen MR) is 155 cm³/mol. The van der Waals surface area contributed by atoms with Gasteiger partial charge in [0, 0.05) is 23.2 Å². The first-order valence-corrected chi connectivity index (χ1v) is 15.5. The average Bonchev–Trinajstić information content (AvgIpc) is 2.90. The summed E-state index contributed by atoms with van der Waals surface area (Å²) in [5.41, 5.74) is 3.86. The third kappa shape index (κ3) is 3.88. The van der Waals surface area contributed by atoms with E-state index in [1.165, 1.54) is 0 Å². The van der Waals surface area contributed by atoms with Crippen LogP contribution in [0.5, 0.6) is 0 Å². The van der Waals surface area contributed by atoms with Gasteiger partial charge in [-0.25, -0.2) is 0 Å². The van der Waals surface area contributed by atoms with Crippen molar-refractivity contribution in [2.45, 2.75) is 107 Å². The molecule has 0 unspecified atom stereocenters. The van der Waals surface area contributed by atoms with Crippen molar-refractivity contribution < 1.29 is 19.2 Å². The summed E-state index contributed by atoms with van der Waals surface area (Å²) in [4.78, 5) is 53.7. The second-order valence-corrected chi connectivity index (χ2v) is 15.8. The van der Waals surface area contributed by atoms with E-state index in [9.17, 15) is 24.4 Å². The van der Waals surface area contributed by atoms with Crippen LogP contribution >= 0.6 is 0 Å². The summed E-state index contributed by atoms with van der Waals surface area (Å²) in [6, 6.07) is 2.17. The number of hydrogen-bond acceptors (Lipinski definition) is 5. The van der Waals surface area contributed by atoms with E-state index in [-0.39, 0.29) is 69.4 Å². The van der Waals surface area contributed by atoms with Gasteiger partial charge in [0.2, 0.25) is 11.8 Å². The predicted octanol–water partition coefficient (Wildman–Crippen LogP) is 5.76. The van der Waals surface area contributed by atoms with Crippen LogP contribution in [0.4, 0.5) is 0 Å². The van der Waals surface area contributed by atoms with Crippen molar-refractivity contribution in [3.63, 3.8) is 0 Å². The number of rotatable bonds is 2. The fourth-order valence-corrected chi connectivity index (χ4v) is 10.4. The maximum Gasteiger partial charge on any atom is 0.244 e. The van der Waals surface area contributed by atoms with E-state index >= 15 is 0 Å². The lowest BCUT2D eigenvalue weighted by Gasteiger charge is -2.69. The molecule has 3 saturated carbocycles. The number of amides is 2. The molecule has 2 N–H and O–H groups in total. The molecule has 7 atom stereocenters. The van der Waals surface area contributed by atoms with Crippen LogP contribution in [0.2, 0.25) is 0 Å². The number of fused-ring (bicyclic) bond motifs is 7. The molecule has 2 amide bonds. The molecule has 0 aromatic carbocycles. The van der Waals surface area contributed by atoms with Gasteiger partial charge >= 0.3 is 0 Å². The van der Waals surface area contributed by atoms with Gasteiger partial charge < -0.3 is 0 Å². The summed E-state index contributed by atoms with van der Waals surface area (Å²) in [7, 11) is 0. The first kappa shape index (κ1) is 29.7. The van der Waals surface area contributed by atoms with Crippen molar-refractivity contribution in [2.75, 3.05) is 0 Å². The number of ketones is 2. The molecule has 3 fully saturated rings. The van der Waals surface area contributed by atoms with E-state index in [2.05, 4.69) is 51.5 Å². The van der Waals surface area contributed by atoms with Gasteiger partial charge in [-0.05, 0) is 79.1 Å². The van der Waals surface area contributed by atoms with Crippen LogP contribution < -0.4 is 10.9 Å². The molecule has 7 heteroatoms. The van der Waals surface area contributed by atoms with Gasteiger partial charge in [-0.2, -0.15) is 5.26 Å². The highest BCUT2D eigenvalue weighted by molar-refractivity contribution is 6.04. The Kier molecular flexibility index (Phi) is 6.62. The van der Waals surface area contributed by atoms with E-state index in [1.54, 1.807) is 6.92 Å². The number of nitriles is 1. The minimum absolute atomic E-state index is 0.00359. The second-order valence-electron chi connectivity index (χ2n) is 15.8. The van der Waals surface area contributed by atoms with Crippen LogP contribution in [0.1, 0.15) is 107 Å². The van der Waals surface area contributed by atoms with Gasteiger partial charge in [-0.1, -0.05) is 67.0 Å². The van der Waals surface area contributed by atoms with Crippen LogP contribution in [0.25, 0.3) is 0 Å². The van der Waals surface area contributed by atoms with Crippen LogP contribution in [0, 0.1) is 61.6 Å². The molecule has 5 rings (SSSR count). The SMILES string of the molecule is CCC(=O)NNC(=O)[C@]12CCC(C)(C)C[C@H]1[C@H]1C(=O)C=C3[C@@]4(C)C=C(C#N)C(=O)C(C)(C)[C@@H]4CC[C@@]3(C)[C@]1(C)CC2. The molecule has 7 nitrogen and oxygen atoms in total. The Hall–Kier alpha value is -2.75. The summed E-state index contributed by atoms with van der Waals surface area (Å²) < 4.78 is 0. The Morgan fingerprint density at radius 2 is 1.63 bits per heavy atom. The Morgan fingerprint density at radius 3 is 2.27 bits per heavy atom. The minimum atomic E-state index is -0.716. The topological polar surface area (TPSA) is 116 Å². The van der Waals surface area contributed by atoms with E-state index < -0.39 is 16.2 Å². The highest BCUT2D eigenvalue weighted by Gasteiger charge is 2.70. The third-order valence-electron chi connectivity index (χ3n) is 12.9. The maximum absolute atomic E-state index is 14.5. The Balaban J connectivity index is 1.64. The summed E-state index contributed by atoms with van der Waals surface area (Å²) in [5, 5.41) is 9.91. The first-order chi connectivity index (χ1) is 18.9. The Bertz CT molecular complexity index is 1330. The number of carbonyl (C=O) groups is 4. The second kappa shape index (κ2) is 9.12. The van der Waals surface area contributed by atoms with Crippen molar-refractivity contribution in [1.82, 2.24) is 10.9 Å². The third-order valence-corrected chi connectivity index (χ3v) is 12.9. The highest BCUT2D eigenvalue weighted by atomic mass is 16.2. The van der Waals surface area contributed by atoms with Crippen LogP contribution in [-0.4, -0.2) is 23.4 Å². The molecule has 0 bridgehead atoms. The molecular formula is C34H47N3O4. The van der Waals surface area contributed by atoms with Gasteiger partial charge in [0.1, 0.15) is 6.07 Å². The summed E-state index contributed by atoms with van der Waals surface area (Å²) >= 11 is 0.